The van der Waals surface area contributed by atoms with Crippen LogP contribution in [0.15, 0.2) is 30.3 Å². The molecule has 1 unspecified atom stereocenters. The fourth-order valence-corrected chi connectivity index (χ4v) is 2.71. The van der Waals surface area contributed by atoms with Gasteiger partial charge in [0.05, 0.1) is 12.1 Å². The molecule has 1 aliphatic carbocycles. The Kier molecular flexibility index (Phi) is 5.00. The lowest BCUT2D eigenvalue weighted by Gasteiger charge is -2.28. The van der Waals surface area contributed by atoms with Gasteiger partial charge >= 0.3 is 0 Å². The van der Waals surface area contributed by atoms with Crippen LogP contribution in [-0.4, -0.2) is 6.10 Å². The van der Waals surface area contributed by atoms with Crippen LogP contribution in [0.4, 0.5) is 0 Å². The molecule has 0 heterocycles. The smallest absolute Gasteiger partial charge is 0.0790 e. The van der Waals surface area contributed by atoms with Crippen molar-refractivity contribution in [1.29, 1.82) is 0 Å². The highest BCUT2D eigenvalue weighted by Gasteiger charge is 2.22. The van der Waals surface area contributed by atoms with Crippen LogP contribution in [0.5, 0.6) is 0 Å². The average Bonchev–Trinajstić information content (AvgIpc) is 2.87. The van der Waals surface area contributed by atoms with Gasteiger partial charge in [-0.25, -0.2) is 0 Å². The van der Waals surface area contributed by atoms with Crippen LogP contribution >= 0.6 is 0 Å². The number of benzene rings is 1. The molecule has 0 aliphatic heterocycles. The van der Waals surface area contributed by atoms with E-state index in [-0.39, 0.29) is 11.5 Å². The summed E-state index contributed by atoms with van der Waals surface area (Å²) in [5, 5.41) is 0. The number of hydroxylamine groups is 1. The Labute approximate surface area is 117 Å². The Hall–Kier alpha value is -0.860. The van der Waals surface area contributed by atoms with Gasteiger partial charge < -0.3 is 0 Å². The molecule has 1 fully saturated rings. The van der Waals surface area contributed by atoms with E-state index in [1.165, 1.54) is 31.2 Å². The maximum absolute atomic E-state index is 5.92. The largest absolute Gasteiger partial charge is 0.298 e. The Morgan fingerprint density at radius 2 is 1.79 bits per heavy atom. The summed E-state index contributed by atoms with van der Waals surface area (Å²) < 4.78 is 0. The van der Waals surface area contributed by atoms with Gasteiger partial charge in [0.25, 0.3) is 0 Å². The Morgan fingerprint density at radius 3 is 2.37 bits per heavy atom. The highest BCUT2D eigenvalue weighted by atomic mass is 16.7. The zero-order valence-corrected chi connectivity index (χ0v) is 12.5. The van der Waals surface area contributed by atoms with Crippen molar-refractivity contribution in [3.8, 4) is 0 Å². The van der Waals surface area contributed by atoms with E-state index in [9.17, 15) is 0 Å². The Morgan fingerprint density at radius 1 is 1.16 bits per heavy atom. The molecule has 106 valence electrons. The molecule has 2 nitrogen and oxygen atoms in total. The van der Waals surface area contributed by atoms with Crippen LogP contribution in [0.1, 0.15) is 64.5 Å². The minimum atomic E-state index is 0.279. The van der Waals surface area contributed by atoms with Gasteiger partial charge in [-0.15, -0.1) is 0 Å². The van der Waals surface area contributed by atoms with Gasteiger partial charge in [0, 0.05) is 0 Å². The third kappa shape index (κ3) is 4.96. The zero-order chi connectivity index (χ0) is 13.7. The number of nitrogens with one attached hydrogen (secondary N) is 1. The summed E-state index contributed by atoms with van der Waals surface area (Å²) in [6.07, 6.45) is 6.49. The quantitative estimate of drug-likeness (QED) is 0.780. The maximum atomic E-state index is 5.92. The molecule has 1 aromatic rings. The highest BCUT2D eigenvalue weighted by molar-refractivity contribution is 5.18. The van der Waals surface area contributed by atoms with E-state index in [4.69, 9.17) is 4.84 Å². The highest BCUT2D eigenvalue weighted by Crippen LogP contribution is 2.30. The first-order chi connectivity index (χ1) is 9.04. The first-order valence-electron chi connectivity index (χ1n) is 7.51. The van der Waals surface area contributed by atoms with Crippen LogP contribution in [0.25, 0.3) is 0 Å². The van der Waals surface area contributed by atoms with Crippen LogP contribution < -0.4 is 5.48 Å². The molecule has 2 heteroatoms. The third-order valence-corrected chi connectivity index (χ3v) is 3.70. The molecule has 2 rings (SSSR count). The van der Waals surface area contributed by atoms with E-state index in [0.717, 1.165) is 6.42 Å². The SMILES string of the molecule is CC(C)(C)CC(NOC1CCCC1)c1ccccc1. The summed E-state index contributed by atoms with van der Waals surface area (Å²) >= 11 is 0. The predicted octanol–water partition coefficient (Wildman–Crippen LogP) is 4.63. The molecule has 1 atom stereocenters. The fraction of sp³-hybridized carbons (Fsp3) is 0.647. The third-order valence-electron chi connectivity index (χ3n) is 3.70. The second-order valence-corrected chi connectivity index (χ2v) is 6.87. The minimum absolute atomic E-state index is 0.279. The van der Waals surface area contributed by atoms with Crippen LogP contribution in [-0.2, 0) is 4.84 Å². The normalized spacial score (nSPS) is 18.7. The fourth-order valence-electron chi connectivity index (χ4n) is 2.71. The molecular weight excluding hydrogens is 234 g/mol. The van der Waals surface area contributed by atoms with Crippen LogP contribution in [0.2, 0.25) is 0 Å². The van der Waals surface area contributed by atoms with E-state index in [1.54, 1.807) is 0 Å². The molecule has 0 spiro atoms. The first-order valence-corrected chi connectivity index (χ1v) is 7.51. The van der Waals surface area contributed by atoms with Crippen molar-refractivity contribution in [2.24, 2.45) is 5.41 Å². The molecule has 0 radical (unpaired) electrons. The van der Waals surface area contributed by atoms with Crippen molar-refractivity contribution in [1.82, 2.24) is 5.48 Å². The lowest BCUT2D eigenvalue weighted by atomic mass is 9.86. The zero-order valence-electron chi connectivity index (χ0n) is 12.5. The molecule has 1 N–H and O–H groups in total. The van der Waals surface area contributed by atoms with Gasteiger partial charge in [-0.05, 0) is 30.2 Å². The number of hydrogen-bond acceptors (Lipinski definition) is 2. The summed E-state index contributed by atoms with van der Waals surface area (Å²) in [4.78, 5) is 5.92. The molecule has 0 saturated heterocycles. The lowest BCUT2D eigenvalue weighted by molar-refractivity contribution is -0.0472. The van der Waals surface area contributed by atoms with Gasteiger partial charge in [0.15, 0.2) is 0 Å². The monoisotopic (exact) mass is 261 g/mol. The predicted molar refractivity (Wildman–Crippen MR) is 79.7 cm³/mol. The van der Waals surface area contributed by atoms with Crippen molar-refractivity contribution in [2.45, 2.75) is 65.0 Å². The van der Waals surface area contributed by atoms with Gasteiger partial charge in [0.1, 0.15) is 0 Å². The minimum Gasteiger partial charge on any atom is -0.298 e. The first kappa shape index (κ1) is 14.5. The van der Waals surface area contributed by atoms with E-state index in [1.807, 2.05) is 0 Å². The Balaban J connectivity index is 1.97. The van der Waals surface area contributed by atoms with Gasteiger partial charge in [-0.2, -0.15) is 5.48 Å². The molecule has 19 heavy (non-hydrogen) atoms. The molecule has 0 bridgehead atoms. The maximum Gasteiger partial charge on any atom is 0.0790 e. The van der Waals surface area contributed by atoms with Crippen LogP contribution in [0, 0.1) is 5.41 Å². The van der Waals surface area contributed by atoms with Gasteiger partial charge in [-0.1, -0.05) is 63.9 Å². The molecule has 1 aromatic carbocycles. The van der Waals surface area contributed by atoms with Gasteiger partial charge in [0.2, 0.25) is 0 Å². The molecular formula is C17H27NO. The number of rotatable bonds is 5. The van der Waals surface area contributed by atoms with Gasteiger partial charge in [-0.3, -0.25) is 4.84 Å². The van der Waals surface area contributed by atoms with E-state index < -0.39 is 0 Å². The summed E-state index contributed by atoms with van der Waals surface area (Å²) in [6, 6.07) is 10.9. The van der Waals surface area contributed by atoms with Crippen LogP contribution in [0.3, 0.4) is 0 Å². The van der Waals surface area contributed by atoms with E-state index >= 15 is 0 Å². The topological polar surface area (TPSA) is 21.3 Å². The van der Waals surface area contributed by atoms with Crippen molar-refractivity contribution in [3.63, 3.8) is 0 Å². The van der Waals surface area contributed by atoms with Crippen molar-refractivity contribution < 1.29 is 4.84 Å². The van der Waals surface area contributed by atoms with Crippen molar-refractivity contribution in [3.05, 3.63) is 35.9 Å². The standard InChI is InChI=1S/C17H27NO/c1-17(2,3)13-16(14-9-5-4-6-10-14)18-19-15-11-7-8-12-15/h4-6,9-10,15-16,18H,7-8,11-13H2,1-3H3. The molecule has 0 aromatic heterocycles. The average molecular weight is 261 g/mol. The molecule has 1 aliphatic rings. The lowest BCUT2D eigenvalue weighted by Crippen LogP contribution is -2.29. The summed E-state index contributed by atoms with van der Waals surface area (Å²) in [6.45, 7) is 6.83. The molecule has 0 amide bonds. The number of hydrogen-bond donors (Lipinski definition) is 1. The second kappa shape index (κ2) is 6.53. The Bertz CT molecular complexity index is 363. The summed E-state index contributed by atoms with van der Waals surface area (Å²) in [5.41, 5.74) is 4.93. The molecule has 1 saturated carbocycles. The van der Waals surface area contributed by atoms with Crippen molar-refractivity contribution in [2.75, 3.05) is 0 Å². The summed E-state index contributed by atoms with van der Waals surface area (Å²) in [7, 11) is 0. The van der Waals surface area contributed by atoms with Crippen molar-refractivity contribution >= 4 is 0 Å². The van der Waals surface area contributed by atoms with E-state index in [2.05, 4.69) is 56.6 Å². The van der Waals surface area contributed by atoms with E-state index in [0.29, 0.717) is 6.10 Å². The second-order valence-electron chi connectivity index (χ2n) is 6.87. The summed E-state index contributed by atoms with van der Waals surface area (Å²) in [5.74, 6) is 0.